The minimum atomic E-state index is -0.839. The fourth-order valence-electron chi connectivity index (χ4n) is 1.86. The van der Waals surface area contributed by atoms with Crippen molar-refractivity contribution in [3.8, 4) is 0 Å². The van der Waals surface area contributed by atoms with Gasteiger partial charge in [-0.3, -0.25) is 4.79 Å². The second-order valence-corrected chi connectivity index (χ2v) is 4.96. The number of anilines is 1. The Balaban J connectivity index is 2.79. The van der Waals surface area contributed by atoms with Crippen LogP contribution in [0.5, 0.6) is 0 Å². The third kappa shape index (κ3) is 4.66. The molecule has 0 amide bonds. The van der Waals surface area contributed by atoms with E-state index in [4.69, 9.17) is 17.3 Å². The van der Waals surface area contributed by atoms with Gasteiger partial charge in [-0.25, -0.2) is 0 Å². The zero-order chi connectivity index (χ0) is 15.1. The molecule has 0 aliphatic heterocycles. The second kappa shape index (κ2) is 7.65. The Labute approximate surface area is 125 Å². The Kier molecular flexibility index (Phi) is 6.18. The van der Waals surface area contributed by atoms with E-state index < -0.39 is 5.97 Å². The van der Waals surface area contributed by atoms with Gasteiger partial charge in [-0.15, -0.1) is 6.58 Å². The highest BCUT2D eigenvalue weighted by Crippen LogP contribution is 2.20. The van der Waals surface area contributed by atoms with E-state index in [-0.39, 0.29) is 6.42 Å². The van der Waals surface area contributed by atoms with Crippen LogP contribution in [0.3, 0.4) is 0 Å². The number of rotatable bonds is 6. The van der Waals surface area contributed by atoms with Crippen LogP contribution in [-0.4, -0.2) is 34.2 Å². The highest BCUT2D eigenvalue weighted by Gasteiger charge is 2.12. The molecule has 20 heavy (non-hydrogen) atoms. The molecule has 1 rings (SSSR count). The van der Waals surface area contributed by atoms with Gasteiger partial charge in [-0.1, -0.05) is 24.3 Å². The number of aryl methyl sites for hydroxylation is 2. The number of carboxylic acid groups (broad SMARTS) is 1. The van der Waals surface area contributed by atoms with Gasteiger partial charge in [0.25, 0.3) is 0 Å². The summed E-state index contributed by atoms with van der Waals surface area (Å²) in [5, 5.41) is 12.5. The van der Waals surface area contributed by atoms with Gasteiger partial charge >= 0.3 is 5.97 Å². The van der Waals surface area contributed by atoms with Gasteiger partial charge in [0, 0.05) is 18.8 Å². The van der Waals surface area contributed by atoms with Gasteiger partial charge in [0.2, 0.25) is 0 Å². The zero-order valence-electron chi connectivity index (χ0n) is 11.8. The average Bonchev–Trinajstić information content (AvgIpc) is 2.38. The topological polar surface area (TPSA) is 52.6 Å². The SMILES string of the molecule is C=CCN(CCC(=O)O)C(=S)Nc1c(C)cccc1C. The predicted molar refractivity (Wildman–Crippen MR) is 86.2 cm³/mol. The molecule has 0 fully saturated rings. The van der Waals surface area contributed by atoms with Crippen molar-refractivity contribution in [2.24, 2.45) is 0 Å². The lowest BCUT2D eigenvalue weighted by atomic mass is 10.1. The van der Waals surface area contributed by atoms with E-state index >= 15 is 0 Å². The lowest BCUT2D eigenvalue weighted by Crippen LogP contribution is -2.36. The molecule has 0 atom stereocenters. The fourth-order valence-corrected chi connectivity index (χ4v) is 2.13. The summed E-state index contributed by atoms with van der Waals surface area (Å²) in [6, 6.07) is 6.00. The summed E-state index contributed by atoms with van der Waals surface area (Å²) < 4.78 is 0. The van der Waals surface area contributed by atoms with Gasteiger partial charge in [0.05, 0.1) is 6.42 Å². The van der Waals surface area contributed by atoms with E-state index in [0.717, 1.165) is 16.8 Å². The first-order valence-electron chi connectivity index (χ1n) is 6.40. The molecule has 0 heterocycles. The molecular formula is C15H20N2O2S. The molecule has 2 N–H and O–H groups in total. The maximum atomic E-state index is 10.7. The Hall–Kier alpha value is -1.88. The first-order valence-corrected chi connectivity index (χ1v) is 6.81. The summed E-state index contributed by atoms with van der Waals surface area (Å²) >= 11 is 5.37. The third-order valence-corrected chi connectivity index (χ3v) is 3.31. The molecular weight excluding hydrogens is 272 g/mol. The number of thiocarbonyl (C=S) groups is 1. The van der Waals surface area contributed by atoms with Crippen LogP contribution in [-0.2, 0) is 4.79 Å². The summed E-state index contributed by atoms with van der Waals surface area (Å²) in [5.41, 5.74) is 3.18. The molecule has 0 saturated heterocycles. The van der Waals surface area contributed by atoms with Crippen LogP contribution < -0.4 is 5.32 Å². The van der Waals surface area contributed by atoms with Gasteiger partial charge in [-0.2, -0.15) is 0 Å². The molecule has 0 aliphatic carbocycles. The first-order chi connectivity index (χ1) is 9.45. The number of benzene rings is 1. The number of hydrogen-bond donors (Lipinski definition) is 2. The molecule has 0 radical (unpaired) electrons. The number of nitrogens with zero attached hydrogens (tertiary/aromatic N) is 1. The summed E-state index contributed by atoms with van der Waals surface area (Å²) in [6.07, 6.45) is 1.75. The Morgan fingerprint density at radius 2 is 2.05 bits per heavy atom. The number of carboxylic acids is 1. The summed E-state index contributed by atoms with van der Waals surface area (Å²) in [4.78, 5) is 12.5. The van der Waals surface area contributed by atoms with Crippen molar-refractivity contribution in [2.45, 2.75) is 20.3 Å². The molecule has 0 bridgehead atoms. The monoisotopic (exact) mass is 292 g/mol. The standard InChI is InChI=1S/C15H20N2O2S/c1-4-9-17(10-8-13(18)19)15(20)16-14-11(2)6-5-7-12(14)3/h4-7H,1,8-10H2,2-3H3,(H,16,20)(H,18,19). The molecule has 0 aromatic heterocycles. The molecule has 1 aromatic rings. The van der Waals surface area contributed by atoms with E-state index in [1.165, 1.54) is 0 Å². The fraction of sp³-hybridized carbons (Fsp3) is 0.333. The highest BCUT2D eigenvalue weighted by atomic mass is 32.1. The lowest BCUT2D eigenvalue weighted by molar-refractivity contribution is -0.137. The quantitative estimate of drug-likeness (QED) is 0.623. The Morgan fingerprint density at radius 1 is 1.45 bits per heavy atom. The van der Waals surface area contributed by atoms with Gasteiger partial charge < -0.3 is 15.3 Å². The van der Waals surface area contributed by atoms with E-state index in [2.05, 4.69) is 11.9 Å². The summed E-state index contributed by atoms with van der Waals surface area (Å²) in [5.74, 6) is -0.839. The molecule has 0 aliphatic rings. The van der Waals surface area contributed by atoms with Crippen molar-refractivity contribution in [2.75, 3.05) is 18.4 Å². The van der Waals surface area contributed by atoms with Crippen LogP contribution in [0.25, 0.3) is 0 Å². The van der Waals surface area contributed by atoms with E-state index in [1.54, 1.807) is 11.0 Å². The predicted octanol–water partition coefficient (Wildman–Crippen LogP) is 2.96. The largest absolute Gasteiger partial charge is 0.481 e. The van der Waals surface area contributed by atoms with Crippen LogP contribution in [0.4, 0.5) is 5.69 Å². The van der Waals surface area contributed by atoms with Crippen LogP contribution in [0, 0.1) is 13.8 Å². The smallest absolute Gasteiger partial charge is 0.305 e. The third-order valence-electron chi connectivity index (χ3n) is 2.95. The number of carbonyl (C=O) groups is 1. The second-order valence-electron chi connectivity index (χ2n) is 4.58. The molecule has 0 spiro atoms. The Bertz CT molecular complexity index is 494. The molecule has 1 aromatic carbocycles. The summed E-state index contributed by atoms with van der Waals surface area (Å²) in [6.45, 7) is 8.57. The lowest BCUT2D eigenvalue weighted by Gasteiger charge is -2.25. The maximum absolute atomic E-state index is 10.7. The molecule has 0 unspecified atom stereocenters. The Morgan fingerprint density at radius 3 is 2.55 bits per heavy atom. The van der Waals surface area contributed by atoms with Crippen molar-refractivity contribution < 1.29 is 9.90 Å². The van der Waals surface area contributed by atoms with Crippen LogP contribution in [0.1, 0.15) is 17.5 Å². The molecule has 108 valence electrons. The van der Waals surface area contributed by atoms with Crippen LogP contribution in [0.2, 0.25) is 0 Å². The highest BCUT2D eigenvalue weighted by molar-refractivity contribution is 7.80. The van der Waals surface area contributed by atoms with Gasteiger partial charge in [-0.05, 0) is 37.2 Å². The van der Waals surface area contributed by atoms with Crippen molar-refractivity contribution >= 4 is 29.0 Å². The van der Waals surface area contributed by atoms with Crippen molar-refractivity contribution in [3.63, 3.8) is 0 Å². The van der Waals surface area contributed by atoms with Crippen molar-refractivity contribution in [1.29, 1.82) is 0 Å². The molecule has 0 saturated carbocycles. The number of hydrogen-bond acceptors (Lipinski definition) is 2. The molecule has 4 nitrogen and oxygen atoms in total. The van der Waals surface area contributed by atoms with Crippen LogP contribution in [0.15, 0.2) is 30.9 Å². The number of para-hydroxylation sites is 1. The van der Waals surface area contributed by atoms with Crippen molar-refractivity contribution in [1.82, 2.24) is 4.90 Å². The number of nitrogens with one attached hydrogen (secondary N) is 1. The average molecular weight is 292 g/mol. The minimum absolute atomic E-state index is 0.0441. The normalized spacial score (nSPS) is 9.90. The minimum Gasteiger partial charge on any atom is -0.481 e. The number of aliphatic carboxylic acids is 1. The zero-order valence-corrected chi connectivity index (χ0v) is 12.7. The van der Waals surface area contributed by atoms with Gasteiger partial charge in [0.15, 0.2) is 5.11 Å². The van der Waals surface area contributed by atoms with E-state index in [9.17, 15) is 4.79 Å². The van der Waals surface area contributed by atoms with Crippen LogP contribution >= 0.6 is 12.2 Å². The summed E-state index contributed by atoms with van der Waals surface area (Å²) in [7, 11) is 0. The van der Waals surface area contributed by atoms with Gasteiger partial charge in [0.1, 0.15) is 0 Å². The van der Waals surface area contributed by atoms with Crippen molar-refractivity contribution in [3.05, 3.63) is 42.0 Å². The first kappa shape index (κ1) is 16.2. The maximum Gasteiger partial charge on any atom is 0.305 e. The van der Waals surface area contributed by atoms with E-state index in [0.29, 0.717) is 18.2 Å². The molecule has 5 heteroatoms. The van der Waals surface area contributed by atoms with E-state index in [1.807, 2.05) is 32.0 Å².